The molecule has 0 spiro atoms. The topological polar surface area (TPSA) is 26.3 Å². The fourth-order valence-electron chi connectivity index (χ4n) is 1.84. The van der Waals surface area contributed by atoms with Gasteiger partial charge in [-0.05, 0) is 6.42 Å². The minimum Gasteiger partial charge on any atom is -0.463 e. The maximum atomic E-state index is 11.1. The lowest BCUT2D eigenvalue weighted by Gasteiger charge is -2.10. The standard InChI is InChI=1S/C14H25Cl3O2/c1-2-3-4-5-6-7-8-9-10-11-12-19-13(18)14(15,16)17/h2-12H2,1H3. The van der Waals surface area contributed by atoms with Crippen molar-refractivity contribution in [1.82, 2.24) is 0 Å². The van der Waals surface area contributed by atoms with Crippen LogP contribution in [0.3, 0.4) is 0 Å². The molecule has 114 valence electrons. The van der Waals surface area contributed by atoms with Gasteiger partial charge in [0, 0.05) is 0 Å². The Kier molecular flexibility index (Phi) is 12.3. The van der Waals surface area contributed by atoms with E-state index in [0.717, 1.165) is 12.8 Å². The van der Waals surface area contributed by atoms with Crippen molar-refractivity contribution in [3.8, 4) is 0 Å². The van der Waals surface area contributed by atoms with Crippen LogP contribution in [0.1, 0.15) is 71.1 Å². The minimum atomic E-state index is -1.95. The SMILES string of the molecule is CCCCCCCCCCCCOC(=O)C(Cl)(Cl)Cl. The lowest BCUT2D eigenvalue weighted by atomic mass is 10.1. The van der Waals surface area contributed by atoms with Crippen molar-refractivity contribution in [1.29, 1.82) is 0 Å². The number of carbonyl (C=O) groups excluding carboxylic acids is 1. The Morgan fingerprint density at radius 3 is 1.68 bits per heavy atom. The summed E-state index contributed by atoms with van der Waals surface area (Å²) in [5.41, 5.74) is 0. The molecule has 19 heavy (non-hydrogen) atoms. The van der Waals surface area contributed by atoms with Gasteiger partial charge < -0.3 is 4.74 Å². The molecule has 0 saturated carbocycles. The van der Waals surface area contributed by atoms with Gasteiger partial charge in [-0.25, -0.2) is 4.79 Å². The highest BCUT2D eigenvalue weighted by Crippen LogP contribution is 2.27. The second-order valence-corrected chi connectivity index (χ2v) is 7.10. The number of esters is 1. The summed E-state index contributed by atoms with van der Waals surface area (Å²) in [4.78, 5) is 11.1. The van der Waals surface area contributed by atoms with Crippen molar-refractivity contribution >= 4 is 40.8 Å². The molecule has 0 saturated heterocycles. The van der Waals surface area contributed by atoms with E-state index in [1.165, 1.54) is 51.4 Å². The highest BCUT2D eigenvalue weighted by atomic mass is 35.6. The van der Waals surface area contributed by atoms with Crippen LogP contribution in [0.15, 0.2) is 0 Å². The van der Waals surface area contributed by atoms with Gasteiger partial charge in [-0.2, -0.15) is 0 Å². The molecule has 0 heterocycles. The fourth-order valence-corrected chi connectivity index (χ4v) is 2.00. The molecule has 0 aliphatic rings. The predicted molar refractivity (Wildman–Crippen MR) is 83.1 cm³/mol. The van der Waals surface area contributed by atoms with Crippen molar-refractivity contribution in [3.63, 3.8) is 0 Å². The molecule has 0 bridgehead atoms. The first-order valence-corrected chi connectivity index (χ1v) is 8.35. The molecule has 0 fully saturated rings. The zero-order chi connectivity index (χ0) is 14.6. The average molecular weight is 332 g/mol. The summed E-state index contributed by atoms with van der Waals surface area (Å²) >= 11 is 16.1. The van der Waals surface area contributed by atoms with Crippen LogP contribution in [0, 0.1) is 0 Å². The smallest absolute Gasteiger partial charge is 0.358 e. The van der Waals surface area contributed by atoms with Gasteiger partial charge >= 0.3 is 5.97 Å². The first-order valence-electron chi connectivity index (χ1n) is 7.22. The lowest BCUT2D eigenvalue weighted by Crippen LogP contribution is -2.22. The van der Waals surface area contributed by atoms with Crippen LogP contribution in [0.5, 0.6) is 0 Å². The van der Waals surface area contributed by atoms with Crippen molar-refractivity contribution in [2.24, 2.45) is 0 Å². The number of rotatable bonds is 11. The van der Waals surface area contributed by atoms with E-state index >= 15 is 0 Å². The van der Waals surface area contributed by atoms with Crippen molar-refractivity contribution in [2.45, 2.75) is 74.9 Å². The number of alkyl halides is 3. The normalized spacial score (nSPS) is 11.6. The predicted octanol–water partition coefficient (Wildman–Crippen LogP) is 5.82. The fraction of sp³-hybridized carbons (Fsp3) is 0.929. The Morgan fingerprint density at radius 1 is 0.842 bits per heavy atom. The minimum absolute atomic E-state index is 0.337. The Bertz CT molecular complexity index is 227. The van der Waals surface area contributed by atoms with Gasteiger partial charge in [0.1, 0.15) is 0 Å². The van der Waals surface area contributed by atoms with Gasteiger partial charge in [0.05, 0.1) is 6.61 Å². The van der Waals surface area contributed by atoms with Crippen molar-refractivity contribution in [3.05, 3.63) is 0 Å². The molecule has 0 unspecified atom stereocenters. The Hall–Kier alpha value is 0.340. The molecule has 5 heteroatoms. The van der Waals surface area contributed by atoms with Gasteiger partial charge in [-0.1, -0.05) is 99.5 Å². The zero-order valence-corrected chi connectivity index (χ0v) is 14.0. The third-order valence-corrected chi connectivity index (χ3v) is 3.43. The van der Waals surface area contributed by atoms with E-state index in [9.17, 15) is 4.79 Å². The number of carbonyl (C=O) groups is 1. The molecule has 0 amide bonds. The average Bonchev–Trinajstić information content (AvgIpc) is 2.34. The maximum Gasteiger partial charge on any atom is 0.358 e. The first kappa shape index (κ1) is 19.3. The Morgan fingerprint density at radius 2 is 1.26 bits per heavy atom. The molecule has 0 aromatic rings. The largest absolute Gasteiger partial charge is 0.463 e. The van der Waals surface area contributed by atoms with E-state index in [1.807, 2.05) is 0 Å². The molecule has 0 aromatic carbocycles. The summed E-state index contributed by atoms with van der Waals surface area (Å²) in [6.07, 6.45) is 12.3. The maximum absolute atomic E-state index is 11.1. The summed E-state index contributed by atoms with van der Waals surface area (Å²) < 4.78 is 2.90. The lowest BCUT2D eigenvalue weighted by molar-refractivity contribution is -0.142. The Labute approximate surface area is 132 Å². The van der Waals surface area contributed by atoms with Gasteiger partial charge in [-0.3, -0.25) is 0 Å². The molecule has 0 aromatic heterocycles. The number of hydrogen-bond acceptors (Lipinski definition) is 2. The summed E-state index contributed by atoms with van der Waals surface area (Å²) in [6, 6.07) is 0. The third kappa shape index (κ3) is 13.1. The zero-order valence-electron chi connectivity index (χ0n) is 11.7. The number of halogens is 3. The Balaban J connectivity index is 3.17. The molecule has 0 aliphatic heterocycles. The highest BCUT2D eigenvalue weighted by Gasteiger charge is 2.32. The highest BCUT2D eigenvalue weighted by molar-refractivity contribution is 6.75. The molecular weight excluding hydrogens is 307 g/mol. The van der Waals surface area contributed by atoms with E-state index in [-0.39, 0.29) is 0 Å². The monoisotopic (exact) mass is 330 g/mol. The van der Waals surface area contributed by atoms with Gasteiger partial charge in [0.2, 0.25) is 0 Å². The molecule has 0 rings (SSSR count). The van der Waals surface area contributed by atoms with Crippen LogP contribution in [0.4, 0.5) is 0 Å². The van der Waals surface area contributed by atoms with Crippen LogP contribution in [0.2, 0.25) is 0 Å². The summed E-state index contributed by atoms with van der Waals surface area (Å²) in [6.45, 7) is 2.57. The van der Waals surface area contributed by atoms with Crippen LogP contribution < -0.4 is 0 Å². The van der Waals surface area contributed by atoms with Gasteiger partial charge in [-0.15, -0.1) is 0 Å². The number of unbranched alkanes of at least 4 members (excludes halogenated alkanes) is 9. The summed E-state index contributed by atoms with van der Waals surface area (Å²) in [5, 5.41) is 0. The van der Waals surface area contributed by atoms with E-state index < -0.39 is 9.76 Å². The van der Waals surface area contributed by atoms with Crippen LogP contribution in [0.25, 0.3) is 0 Å². The molecule has 0 radical (unpaired) electrons. The van der Waals surface area contributed by atoms with Crippen LogP contribution >= 0.6 is 34.8 Å². The molecule has 0 atom stereocenters. The van der Waals surface area contributed by atoms with E-state index in [4.69, 9.17) is 39.5 Å². The summed E-state index contributed by atoms with van der Waals surface area (Å²) in [7, 11) is 0. The van der Waals surface area contributed by atoms with E-state index in [0.29, 0.717) is 6.61 Å². The van der Waals surface area contributed by atoms with Crippen molar-refractivity contribution < 1.29 is 9.53 Å². The quantitative estimate of drug-likeness (QED) is 0.271. The summed E-state index contributed by atoms with van der Waals surface area (Å²) in [5.74, 6) is -0.784. The molecular formula is C14H25Cl3O2. The van der Waals surface area contributed by atoms with Crippen LogP contribution in [-0.4, -0.2) is 16.4 Å². The van der Waals surface area contributed by atoms with Gasteiger partial charge in [0.15, 0.2) is 0 Å². The van der Waals surface area contributed by atoms with Crippen molar-refractivity contribution in [2.75, 3.05) is 6.61 Å². The number of hydrogen-bond donors (Lipinski definition) is 0. The van der Waals surface area contributed by atoms with Crippen LogP contribution in [-0.2, 0) is 9.53 Å². The molecule has 0 aliphatic carbocycles. The first-order chi connectivity index (χ1) is 8.98. The van der Waals surface area contributed by atoms with Gasteiger partial charge in [0.25, 0.3) is 3.79 Å². The molecule has 2 nitrogen and oxygen atoms in total. The third-order valence-electron chi connectivity index (χ3n) is 2.96. The van der Waals surface area contributed by atoms with E-state index in [2.05, 4.69) is 6.92 Å². The van der Waals surface area contributed by atoms with E-state index in [1.54, 1.807) is 0 Å². The second kappa shape index (κ2) is 12.1. The number of ether oxygens (including phenoxy) is 1. The second-order valence-electron chi connectivity index (χ2n) is 4.82. The molecule has 0 N–H and O–H groups in total.